The van der Waals surface area contributed by atoms with E-state index in [1.807, 2.05) is 25.2 Å². The minimum Gasteiger partial charge on any atom is -0.492 e. The van der Waals surface area contributed by atoms with Crippen LogP contribution in [0.25, 0.3) is 0 Å². The molecule has 1 aliphatic heterocycles. The predicted molar refractivity (Wildman–Crippen MR) is 141 cm³/mol. The van der Waals surface area contributed by atoms with Gasteiger partial charge in [-0.2, -0.15) is 0 Å². The number of anilines is 1. The summed E-state index contributed by atoms with van der Waals surface area (Å²) in [6, 6.07) is 10.1. The Morgan fingerprint density at radius 1 is 1.06 bits per heavy atom. The Balaban J connectivity index is 0.00000363. The lowest BCUT2D eigenvalue weighted by Gasteiger charge is -2.36. The van der Waals surface area contributed by atoms with Gasteiger partial charge in [-0.05, 0) is 36.9 Å². The Kier molecular flexibility index (Phi) is 11.5. The molecule has 176 valence electrons. The maximum absolute atomic E-state index is 5.87. The topological polar surface area (TPSA) is 69.1 Å². The summed E-state index contributed by atoms with van der Waals surface area (Å²) in [5.74, 6) is 2.64. The van der Waals surface area contributed by atoms with Crippen LogP contribution in [-0.2, 0) is 6.54 Å². The zero-order valence-corrected chi connectivity index (χ0v) is 21.7. The average molecular weight is 553 g/mol. The molecular weight excluding hydrogens is 517 g/mol. The molecule has 3 rings (SSSR count). The summed E-state index contributed by atoms with van der Waals surface area (Å²) >= 11 is 0. The molecule has 9 heteroatoms. The molecule has 1 saturated heterocycles. The van der Waals surface area contributed by atoms with Gasteiger partial charge in [0.1, 0.15) is 12.4 Å². The number of guanidine groups is 1. The maximum Gasteiger partial charge on any atom is 0.225 e. The molecule has 8 nitrogen and oxygen atoms in total. The molecule has 0 atom stereocenters. The molecule has 0 aliphatic carbocycles. The summed E-state index contributed by atoms with van der Waals surface area (Å²) in [4.78, 5) is 20.0. The van der Waals surface area contributed by atoms with E-state index in [4.69, 9.17) is 4.74 Å². The van der Waals surface area contributed by atoms with Crippen LogP contribution < -0.4 is 15.0 Å². The Hall–Kier alpha value is -2.14. The van der Waals surface area contributed by atoms with E-state index in [1.54, 1.807) is 12.4 Å². The van der Waals surface area contributed by atoms with E-state index in [9.17, 15) is 0 Å². The van der Waals surface area contributed by atoms with Gasteiger partial charge in [-0.25, -0.2) is 9.97 Å². The van der Waals surface area contributed by atoms with Gasteiger partial charge in [0.15, 0.2) is 5.96 Å². The number of likely N-dealkylation sites (N-methyl/N-ethyl adjacent to an activating group) is 1. The monoisotopic (exact) mass is 553 g/mol. The van der Waals surface area contributed by atoms with Crippen molar-refractivity contribution in [3.05, 3.63) is 48.3 Å². The van der Waals surface area contributed by atoms with Crippen LogP contribution in [-0.4, -0.2) is 85.2 Å². The van der Waals surface area contributed by atoms with Crippen molar-refractivity contribution in [3.8, 4) is 5.75 Å². The average Bonchev–Trinajstić information content (AvgIpc) is 2.84. The first-order chi connectivity index (χ1) is 15.2. The standard InChI is InChI=1S/C23H35N7O.HI/c1-4-28(5-2)17-18-31-21-9-7-20(8-10-21)19-27-22(24-3)29-13-15-30(16-14-29)23-25-11-6-12-26-23;/h6-12H,4-5,13-19H2,1-3H3,(H,24,27);1H. The van der Waals surface area contributed by atoms with E-state index < -0.39 is 0 Å². The molecule has 0 bridgehead atoms. The molecule has 0 unspecified atom stereocenters. The first kappa shape index (κ1) is 26.1. The first-order valence-electron chi connectivity index (χ1n) is 11.1. The predicted octanol–water partition coefficient (Wildman–Crippen LogP) is 2.71. The highest BCUT2D eigenvalue weighted by molar-refractivity contribution is 14.0. The van der Waals surface area contributed by atoms with Crippen molar-refractivity contribution in [3.63, 3.8) is 0 Å². The summed E-state index contributed by atoms with van der Waals surface area (Å²) < 4.78 is 5.87. The molecule has 2 aromatic rings. The van der Waals surface area contributed by atoms with Crippen molar-refractivity contribution in [2.75, 3.05) is 64.4 Å². The summed E-state index contributed by atoms with van der Waals surface area (Å²) in [5.41, 5.74) is 1.20. The van der Waals surface area contributed by atoms with E-state index in [-0.39, 0.29) is 24.0 Å². The van der Waals surface area contributed by atoms with Crippen LogP contribution >= 0.6 is 24.0 Å². The molecule has 0 amide bonds. The molecule has 0 saturated carbocycles. The van der Waals surface area contributed by atoms with Crippen molar-refractivity contribution >= 4 is 35.9 Å². The third-order valence-electron chi connectivity index (χ3n) is 5.57. The fraction of sp³-hybridized carbons (Fsp3) is 0.522. The third-order valence-corrected chi connectivity index (χ3v) is 5.57. The molecule has 1 N–H and O–H groups in total. The molecule has 1 aliphatic rings. The lowest BCUT2D eigenvalue weighted by atomic mass is 10.2. The van der Waals surface area contributed by atoms with Gasteiger partial charge >= 0.3 is 0 Å². The van der Waals surface area contributed by atoms with E-state index in [0.717, 1.165) is 70.0 Å². The van der Waals surface area contributed by atoms with Crippen LogP contribution in [0, 0.1) is 0 Å². The van der Waals surface area contributed by atoms with Crippen molar-refractivity contribution < 1.29 is 4.74 Å². The number of hydrogen-bond acceptors (Lipinski definition) is 6. The Bertz CT molecular complexity index is 792. The van der Waals surface area contributed by atoms with Crippen molar-refractivity contribution in [2.24, 2.45) is 4.99 Å². The van der Waals surface area contributed by atoms with Gasteiger partial charge in [0, 0.05) is 58.7 Å². The van der Waals surface area contributed by atoms with Gasteiger partial charge in [-0.15, -0.1) is 24.0 Å². The fourth-order valence-corrected chi connectivity index (χ4v) is 3.62. The zero-order chi connectivity index (χ0) is 21.9. The molecular formula is C23H36IN7O. The van der Waals surface area contributed by atoms with Crippen molar-refractivity contribution in [2.45, 2.75) is 20.4 Å². The Labute approximate surface area is 209 Å². The summed E-state index contributed by atoms with van der Waals surface area (Å²) in [6.45, 7) is 12.4. The van der Waals surface area contributed by atoms with E-state index in [2.05, 4.69) is 61.0 Å². The van der Waals surface area contributed by atoms with Crippen LogP contribution in [0.15, 0.2) is 47.7 Å². The lowest BCUT2D eigenvalue weighted by Crippen LogP contribution is -2.52. The van der Waals surface area contributed by atoms with Crippen molar-refractivity contribution in [1.82, 2.24) is 25.1 Å². The summed E-state index contributed by atoms with van der Waals surface area (Å²) in [6.07, 6.45) is 3.58. The summed E-state index contributed by atoms with van der Waals surface area (Å²) in [7, 11) is 1.84. The number of nitrogens with zero attached hydrogens (tertiary/aromatic N) is 6. The number of halogens is 1. The SMILES string of the molecule is CCN(CC)CCOc1ccc(CNC(=NC)N2CCN(c3ncccn3)CC2)cc1.I. The van der Waals surface area contributed by atoms with Gasteiger partial charge in [-0.1, -0.05) is 26.0 Å². The maximum atomic E-state index is 5.87. The minimum absolute atomic E-state index is 0. The van der Waals surface area contributed by atoms with Gasteiger partial charge in [-0.3, -0.25) is 4.99 Å². The third kappa shape index (κ3) is 7.77. The van der Waals surface area contributed by atoms with Gasteiger partial charge < -0.3 is 24.8 Å². The van der Waals surface area contributed by atoms with Gasteiger partial charge in [0.05, 0.1) is 0 Å². The van der Waals surface area contributed by atoms with E-state index in [0.29, 0.717) is 6.61 Å². The smallest absolute Gasteiger partial charge is 0.225 e. The molecule has 1 fully saturated rings. The lowest BCUT2D eigenvalue weighted by molar-refractivity contribution is 0.223. The fourth-order valence-electron chi connectivity index (χ4n) is 3.62. The minimum atomic E-state index is 0. The number of ether oxygens (including phenoxy) is 1. The first-order valence-corrected chi connectivity index (χ1v) is 11.1. The normalized spacial score (nSPS) is 14.3. The second kappa shape index (κ2) is 14.1. The van der Waals surface area contributed by atoms with Crippen LogP contribution in [0.4, 0.5) is 5.95 Å². The largest absolute Gasteiger partial charge is 0.492 e. The Morgan fingerprint density at radius 3 is 2.31 bits per heavy atom. The van der Waals surface area contributed by atoms with Crippen LogP contribution in [0.5, 0.6) is 5.75 Å². The number of piperazine rings is 1. The van der Waals surface area contributed by atoms with Crippen molar-refractivity contribution in [1.29, 1.82) is 0 Å². The number of benzene rings is 1. The molecule has 1 aromatic heterocycles. The molecule has 1 aromatic carbocycles. The van der Waals surface area contributed by atoms with E-state index in [1.165, 1.54) is 5.56 Å². The van der Waals surface area contributed by atoms with Crippen LogP contribution in [0.3, 0.4) is 0 Å². The highest BCUT2D eigenvalue weighted by atomic mass is 127. The number of aliphatic imine (C=N–C) groups is 1. The quantitative estimate of drug-likeness (QED) is 0.291. The second-order valence-corrected chi connectivity index (χ2v) is 7.44. The molecule has 2 heterocycles. The number of rotatable bonds is 9. The van der Waals surface area contributed by atoms with Crippen LogP contribution in [0.2, 0.25) is 0 Å². The molecule has 0 spiro atoms. The highest BCUT2D eigenvalue weighted by Gasteiger charge is 2.20. The number of nitrogens with one attached hydrogen (secondary N) is 1. The molecule has 32 heavy (non-hydrogen) atoms. The van der Waals surface area contributed by atoms with E-state index >= 15 is 0 Å². The number of aromatic nitrogens is 2. The zero-order valence-electron chi connectivity index (χ0n) is 19.4. The highest BCUT2D eigenvalue weighted by Crippen LogP contribution is 2.13. The Morgan fingerprint density at radius 2 is 1.72 bits per heavy atom. The second-order valence-electron chi connectivity index (χ2n) is 7.44. The molecule has 0 radical (unpaired) electrons. The van der Waals surface area contributed by atoms with Crippen LogP contribution in [0.1, 0.15) is 19.4 Å². The number of hydrogen-bond donors (Lipinski definition) is 1. The van der Waals surface area contributed by atoms with Gasteiger partial charge in [0.25, 0.3) is 0 Å². The van der Waals surface area contributed by atoms with Gasteiger partial charge in [0.2, 0.25) is 5.95 Å². The summed E-state index contributed by atoms with van der Waals surface area (Å²) in [5, 5.41) is 3.48.